The van der Waals surface area contributed by atoms with Gasteiger partial charge in [0, 0.05) is 34.5 Å². The Morgan fingerprint density at radius 1 is 0.975 bits per heavy atom. The first-order valence-corrected chi connectivity index (χ1v) is 13.1. The third-order valence-electron chi connectivity index (χ3n) is 7.46. The van der Waals surface area contributed by atoms with Gasteiger partial charge in [-0.3, -0.25) is 23.9 Å². The Morgan fingerprint density at radius 2 is 1.62 bits per heavy atom. The predicted octanol–water partition coefficient (Wildman–Crippen LogP) is 1.34. The third-order valence-corrected chi connectivity index (χ3v) is 7.71. The van der Waals surface area contributed by atoms with Crippen LogP contribution in [0, 0.1) is 5.41 Å². The second-order valence-corrected chi connectivity index (χ2v) is 11.4. The Labute approximate surface area is 240 Å². The van der Waals surface area contributed by atoms with Gasteiger partial charge in [0.25, 0.3) is 11.5 Å². The first-order valence-electron chi connectivity index (χ1n) is 12.7. The molecular formula is C29H28Cl2F3N3O3. The van der Waals surface area contributed by atoms with E-state index in [-0.39, 0.29) is 42.3 Å². The predicted molar refractivity (Wildman–Crippen MR) is 141 cm³/mol. The largest absolute Gasteiger partial charge is 1.00 e. The van der Waals surface area contributed by atoms with Crippen LogP contribution < -0.4 is 22.9 Å². The van der Waals surface area contributed by atoms with Crippen LogP contribution >= 0.6 is 11.6 Å². The maximum absolute atomic E-state index is 13.8. The minimum absolute atomic E-state index is 0. The lowest BCUT2D eigenvalue weighted by molar-refractivity contribution is -0.837. The van der Waals surface area contributed by atoms with Gasteiger partial charge in [0.05, 0.1) is 31.7 Å². The minimum Gasteiger partial charge on any atom is -1.00 e. The Morgan fingerprint density at radius 3 is 2.25 bits per heavy atom. The summed E-state index contributed by atoms with van der Waals surface area (Å²) in [4.78, 5) is 42.9. The summed E-state index contributed by atoms with van der Waals surface area (Å²) in [6.07, 6.45) is -3.65. The van der Waals surface area contributed by atoms with E-state index in [1.165, 1.54) is 21.6 Å². The number of fused-ring (bicyclic) bond motifs is 1. The molecule has 1 N–H and O–H groups in total. The molecule has 1 amide bonds. The van der Waals surface area contributed by atoms with Gasteiger partial charge >= 0.3 is 6.18 Å². The van der Waals surface area contributed by atoms with Crippen molar-refractivity contribution in [1.82, 2.24) is 9.47 Å². The maximum atomic E-state index is 13.8. The summed E-state index contributed by atoms with van der Waals surface area (Å²) in [7, 11) is 0. The second-order valence-electron chi connectivity index (χ2n) is 11.0. The molecule has 2 aromatic carbocycles. The summed E-state index contributed by atoms with van der Waals surface area (Å²) in [6, 6.07) is 13.3. The zero-order chi connectivity index (χ0) is 28.1. The number of halogens is 5. The Hall–Kier alpha value is -3.14. The van der Waals surface area contributed by atoms with Gasteiger partial charge < -0.3 is 17.3 Å². The van der Waals surface area contributed by atoms with E-state index in [0.29, 0.717) is 53.6 Å². The Balaban J connectivity index is 0.00000370. The van der Waals surface area contributed by atoms with Crippen molar-refractivity contribution >= 4 is 29.0 Å². The number of piperazine rings is 1. The summed E-state index contributed by atoms with van der Waals surface area (Å²) in [5, 5.41) is 0.491. The van der Waals surface area contributed by atoms with Crippen LogP contribution in [0.25, 0.3) is 5.69 Å². The van der Waals surface area contributed by atoms with Crippen molar-refractivity contribution in [3.05, 3.63) is 92.4 Å². The number of nitrogens with zero attached hydrogens (tertiary/aromatic N) is 2. The van der Waals surface area contributed by atoms with Gasteiger partial charge in [-0.1, -0.05) is 31.5 Å². The normalized spacial score (nSPS) is 17.2. The number of carbonyl (C=O) groups excluding carboxylic acids is 2. The lowest BCUT2D eigenvalue weighted by atomic mass is 9.75. The highest BCUT2D eigenvalue weighted by Gasteiger charge is 2.37. The maximum Gasteiger partial charge on any atom is 0.416 e. The van der Waals surface area contributed by atoms with E-state index in [0.717, 1.165) is 17.0 Å². The van der Waals surface area contributed by atoms with Gasteiger partial charge in [-0.25, -0.2) is 0 Å². The Kier molecular flexibility index (Phi) is 8.23. The Bertz CT molecular complexity index is 1510. The van der Waals surface area contributed by atoms with Crippen molar-refractivity contribution in [3.8, 4) is 5.69 Å². The molecule has 1 aliphatic carbocycles. The number of alkyl halides is 3. The summed E-state index contributed by atoms with van der Waals surface area (Å²) < 4.78 is 41.0. The average Bonchev–Trinajstić information content (AvgIpc) is 2.88. The number of Topliss-reactive ketones (excluding diaryl/α,β-unsaturated/α-hetero) is 1. The van der Waals surface area contributed by atoms with E-state index < -0.39 is 23.2 Å². The number of amides is 1. The SMILES string of the molecule is CC1(C)CC(=O)c2cc(C(=O)N3CC[NH+](c4cccc(C(F)(F)F)c4)CC3)c(=O)n(-c3ccc(Cl)cc3)c2C1.[Cl-]. The summed E-state index contributed by atoms with van der Waals surface area (Å²) >= 11 is 6.06. The fraction of sp³-hybridized carbons (Fsp3) is 0.345. The van der Waals surface area contributed by atoms with Crippen LogP contribution in [0.5, 0.6) is 0 Å². The molecule has 2 heterocycles. The highest BCUT2D eigenvalue weighted by molar-refractivity contribution is 6.30. The zero-order valence-electron chi connectivity index (χ0n) is 21.9. The van der Waals surface area contributed by atoms with Crippen molar-refractivity contribution in [1.29, 1.82) is 0 Å². The summed E-state index contributed by atoms with van der Waals surface area (Å²) in [6.45, 7) is 5.21. The average molecular weight is 594 g/mol. The second kappa shape index (κ2) is 11.0. The molecule has 6 nitrogen and oxygen atoms in total. The lowest BCUT2D eigenvalue weighted by Gasteiger charge is -2.34. The molecule has 0 bridgehead atoms. The van der Waals surface area contributed by atoms with Gasteiger partial charge in [-0.05, 0) is 54.3 Å². The lowest BCUT2D eigenvalue weighted by Crippen LogP contribution is -3.10. The van der Waals surface area contributed by atoms with Crippen LogP contribution in [-0.2, 0) is 12.6 Å². The van der Waals surface area contributed by atoms with E-state index in [1.807, 2.05) is 13.8 Å². The van der Waals surface area contributed by atoms with Gasteiger partial charge in [0.1, 0.15) is 11.3 Å². The smallest absolute Gasteiger partial charge is 0.416 e. The van der Waals surface area contributed by atoms with Crippen LogP contribution in [-0.4, -0.2) is 47.3 Å². The van der Waals surface area contributed by atoms with Crippen molar-refractivity contribution in [3.63, 3.8) is 0 Å². The van der Waals surface area contributed by atoms with Crippen LogP contribution in [0.2, 0.25) is 5.02 Å². The minimum atomic E-state index is -4.43. The molecule has 1 saturated heterocycles. The third kappa shape index (κ3) is 5.82. The quantitative estimate of drug-likeness (QED) is 0.499. The molecule has 212 valence electrons. The van der Waals surface area contributed by atoms with E-state index in [4.69, 9.17) is 11.6 Å². The highest BCUT2D eigenvalue weighted by Crippen LogP contribution is 2.35. The van der Waals surface area contributed by atoms with Crippen LogP contribution in [0.15, 0.2) is 59.4 Å². The van der Waals surface area contributed by atoms with E-state index in [9.17, 15) is 27.6 Å². The molecular weight excluding hydrogens is 566 g/mol. The standard InChI is InChI=1S/C29H27ClF3N3O3.ClH/c1-28(2)16-24-22(25(37)17-28)15-23(27(39)36(24)20-8-6-19(30)7-9-20)26(38)35-12-10-34(11-13-35)21-5-3-4-18(14-21)29(31,32)33;/h3-9,14-15H,10-13,16-17H2,1-2H3;1H. The van der Waals surface area contributed by atoms with Crippen LogP contribution in [0.3, 0.4) is 0 Å². The number of pyridine rings is 1. The van der Waals surface area contributed by atoms with Crippen molar-refractivity contribution in [2.45, 2.75) is 32.9 Å². The van der Waals surface area contributed by atoms with Gasteiger partial charge in [0.15, 0.2) is 5.78 Å². The molecule has 1 aliphatic heterocycles. The van der Waals surface area contributed by atoms with E-state index in [1.54, 1.807) is 30.3 Å². The molecule has 0 spiro atoms. The van der Waals surface area contributed by atoms with Gasteiger partial charge in [-0.2, -0.15) is 13.2 Å². The number of hydrogen-bond acceptors (Lipinski definition) is 3. The highest BCUT2D eigenvalue weighted by atomic mass is 35.5. The molecule has 40 heavy (non-hydrogen) atoms. The fourth-order valence-corrected chi connectivity index (χ4v) is 5.61. The fourth-order valence-electron chi connectivity index (χ4n) is 5.48. The molecule has 1 aromatic heterocycles. The monoisotopic (exact) mass is 593 g/mol. The molecule has 0 atom stereocenters. The number of carbonyl (C=O) groups is 2. The molecule has 0 unspecified atom stereocenters. The number of benzene rings is 2. The van der Waals surface area contributed by atoms with Crippen LogP contribution in [0.4, 0.5) is 18.9 Å². The number of rotatable bonds is 3. The van der Waals surface area contributed by atoms with Crippen molar-refractivity contribution in [2.24, 2.45) is 5.41 Å². The van der Waals surface area contributed by atoms with Crippen LogP contribution in [0.1, 0.15) is 52.2 Å². The molecule has 2 aliphatic rings. The summed E-state index contributed by atoms with van der Waals surface area (Å²) in [5.74, 6) is -0.622. The number of quaternary nitrogens is 1. The van der Waals surface area contributed by atoms with E-state index in [2.05, 4.69) is 0 Å². The number of ketones is 1. The molecule has 3 aromatic rings. The van der Waals surface area contributed by atoms with E-state index >= 15 is 0 Å². The molecule has 11 heteroatoms. The molecule has 0 saturated carbocycles. The topological polar surface area (TPSA) is 63.8 Å². The van der Waals surface area contributed by atoms with Gasteiger partial charge in [-0.15, -0.1) is 0 Å². The first-order chi connectivity index (χ1) is 18.3. The van der Waals surface area contributed by atoms with Crippen molar-refractivity contribution < 1.29 is 40.1 Å². The summed E-state index contributed by atoms with van der Waals surface area (Å²) in [5.41, 5.74) is 0.274. The molecule has 0 radical (unpaired) electrons. The molecule has 1 fully saturated rings. The number of hydrogen-bond donors (Lipinski definition) is 1. The number of aromatic nitrogens is 1. The first kappa shape index (κ1) is 29.8. The van der Waals surface area contributed by atoms with Gasteiger partial charge in [0.2, 0.25) is 0 Å². The van der Waals surface area contributed by atoms with Crippen molar-refractivity contribution in [2.75, 3.05) is 26.2 Å². The number of nitrogens with one attached hydrogen (secondary N) is 1. The zero-order valence-corrected chi connectivity index (χ0v) is 23.5. The molecule has 5 rings (SSSR count).